The van der Waals surface area contributed by atoms with Crippen molar-refractivity contribution in [1.29, 1.82) is 0 Å². The Bertz CT molecular complexity index is 453. The number of primary amides is 1. The van der Waals surface area contributed by atoms with Gasteiger partial charge < -0.3 is 11.5 Å². The molecule has 17 heavy (non-hydrogen) atoms. The maximum atomic E-state index is 13.8. The summed E-state index contributed by atoms with van der Waals surface area (Å²) in [7, 11) is 0. The Morgan fingerprint density at radius 1 is 1.41 bits per heavy atom. The second-order valence-electron chi connectivity index (χ2n) is 3.97. The highest BCUT2D eigenvalue weighted by Crippen LogP contribution is 2.33. The van der Waals surface area contributed by atoms with Crippen molar-refractivity contribution in [3.05, 3.63) is 34.6 Å². The van der Waals surface area contributed by atoms with Gasteiger partial charge in [0.1, 0.15) is 5.82 Å². The molecule has 3 nitrogen and oxygen atoms in total. The Labute approximate surface area is 96.6 Å². The minimum atomic E-state index is -3.40. The molecule has 0 aromatic heterocycles. The summed E-state index contributed by atoms with van der Waals surface area (Å²) in [6, 6.07) is 1.04. The molecular formula is C11H13F3N2O. The first-order valence-electron chi connectivity index (χ1n) is 4.91. The van der Waals surface area contributed by atoms with Gasteiger partial charge in [0.2, 0.25) is 5.91 Å². The fourth-order valence-corrected chi connectivity index (χ4v) is 1.44. The molecule has 1 atom stereocenters. The van der Waals surface area contributed by atoms with Crippen LogP contribution in [0.1, 0.15) is 41.4 Å². The number of hydrogen-bond donors (Lipinski definition) is 2. The highest BCUT2D eigenvalue weighted by Gasteiger charge is 2.31. The van der Waals surface area contributed by atoms with Crippen LogP contribution in [0.25, 0.3) is 0 Å². The van der Waals surface area contributed by atoms with E-state index in [-0.39, 0.29) is 11.1 Å². The van der Waals surface area contributed by atoms with E-state index in [1.807, 2.05) is 0 Å². The van der Waals surface area contributed by atoms with E-state index < -0.39 is 29.3 Å². The fourth-order valence-electron chi connectivity index (χ4n) is 1.44. The summed E-state index contributed by atoms with van der Waals surface area (Å²) in [6.07, 6.45) is 0. The van der Waals surface area contributed by atoms with Crippen molar-refractivity contribution in [2.75, 3.05) is 0 Å². The molecule has 0 heterocycles. The molecule has 0 radical (unpaired) electrons. The van der Waals surface area contributed by atoms with Gasteiger partial charge in [-0.3, -0.25) is 4.79 Å². The molecule has 6 heteroatoms. The lowest BCUT2D eigenvalue weighted by Gasteiger charge is -2.17. The lowest BCUT2D eigenvalue weighted by Crippen LogP contribution is -2.19. The molecule has 0 aliphatic heterocycles. The highest BCUT2D eigenvalue weighted by atomic mass is 19.3. The number of benzene rings is 1. The van der Waals surface area contributed by atoms with E-state index in [0.29, 0.717) is 6.92 Å². The van der Waals surface area contributed by atoms with Crippen molar-refractivity contribution in [3.8, 4) is 0 Å². The monoisotopic (exact) mass is 246 g/mol. The van der Waals surface area contributed by atoms with Crippen LogP contribution in [0.5, 0.6) is 0 Å². The van der Waals surface area contributed by atoms with Crippen LogP contribution in [-0.2, 0) is 5.92 Å². The number of halogens is 3. The van der Waals surface area contributed by atoms with E-state index in [1.165, 1.54) is 6.92 Å². The molecule has 0 saturated heterocycles. The van der Waals surface area contributed by atoms with Gasteiger partial charge in [-0.05, 0) is 19.1 Å². The highest BCUT2D eigenvalue weighted by molar-refractivity contribution is 5.93. The quantitative estimate of drug-likeness (QED) is 0.857. The van der Waals surface area contributed by atoms with E-state index in [9.17, 15) is 18.0 Å². The molecule has 0 spiro atoms. The molecule has 0 saturated carbocycles. The Balaban J connectivity index is 3.55. The molecule has 1 aromatic rings. The molecule has 1 amide bonds. The Kier molecular flexibility index (Phi) is 3.47. The first kappa shape index (κ1) is 13.5. The Morgan fingerprint density at radius 3 is 2.29 bits per heavy atom. The van der Waals surface area contributed by atoms with E-state index in [4.69, 9.17) is 11.5 Å². The third-order valence-electron chi connectivity index (χ3n) is 2.35. The van der Waals surface area contributed by atoms with Crippen LogP contribution in [-0.4, -0.2) is 5.91 Å². The van der Waals surface area contributed by atoms with Gasteiger partial charge in [-0.1, -0.05) is 0 Å². The van der Waals surface area contributed by atoms with Crippen LogP contribution < -0.4 is 11.5 Å². The van der Waals surface area contributed by atoms with Gasteiger partial charge in [0.25, 0.3) is 5.92 Å². The largest absolute Gasteiger partial charge is 0.366 e. The topological polar surface area (TPSA) is 69.1 Å². The van der Waals surface area contributed by atoms with Crippen molar-refractivity contribution in [3.63, 3.8) is 0 Å². The zero-order valence-corrected chi connectivity index (χ0v) is 9.43. The number of carbonyl (C=O) groups excluding carboxylic acids is 1. The number of carbonyl (C=O) groups is 1. The smallest absolute Gasteiger partial charge is 0.273 e. The summed E-state index contributed by atoms with van der Waals surface area (Å²) in [5.74, 6) is -5.41. The number of nitrogens with two attached hydrogens (primary N) is 2. The molecule has 0 fully saturated rings. The van der Waals surface area contributed by atoms with Crippen LogP contribution >= 0.6 is 0 Å². The van der Waals surface area contributed by atoms with E-state index in [0.717, 1.165) is 12.1 Å². The fraction of sp³-hybridized carbons (Fsp3) is 0.364. The van der Waals surface area contributed by atoms with Crippen molar-refractivity contribution in [2.24, 2.45) is 11.5 Å². The molecule has 0 aliphatic carbocycles. The normalized spacial score (nSPS) is 13.5. The lowest BCUT2D eigenvalue weighted by molar-refractivity contribution is 0.0135. The second-order valence-corrected chi connectivity index (χ2v) is 3.97. The van der Waals surface area contributed by atoms with Gasteiger partial charge in [0.15, 0.2) is 0 Å². The van der Waals surface area contributed by atoms with Crippen LogP contribution in [0.3, 0.4) is 0 Å². The van der Waals surface area contributed by atoms with Gasteiger partial charge in [0, 0.05) is 24.1 Å². The summed E-state index contributed by atoms with van der Waals surface area (Å²) in [5, 5.41) is 0. The molecule has 1 rings (SSSR count). The third-order valence-corrected chi connectivity index (χ3v) is 2.35. The molecular weight excluding hydrogens is 233 g/mol. The number of hydrogen-bond acceptors (Lipinski definition) is 2. The Morgan fingerprint density at radius 2 is 1.94 bits per heavy atom. The van der Waals surface area contributed by atoms with E-state index in [2.05, 4.69) is 0 Å². The summed E-state index contributed by atoms with van der Waals surface area (Å²) >= 11 is 0. The first-order chi connectivity index (χ1) is 7.64. The van der Waals surface area contributed by atoms with Crippen molar-refractivity contribution < 1.29 is 18.0 Å². The summed E-state index contributed by atoms with van der Waals surface area (Å²) in [4.78, 5) is 11.0. The zero-order valence-electron chi connectivity index (χ0n) is 9.43. The maximum Gasteiger partial charge on any atom is 0.273 e. The van der Waals surface area contributed by atoms with Gasteiger partial charge in [-0.25, -0.2) is 13.2 Å². The van der Waals surface area contributed by atoms with Crippen molar-refractivity contribution >= 4 is 5.91 Å². The van der Waals surface area contributed by atoms with Crippen molar-refractivity contribution in [2.45, 2.75) is 25.8 Å². The number of amides is 1. The number of rotatable bonds is 3. The molecule has 4 N–H and O–H groups in total. The average molecular weight is 246 g/mol. The predicted octanol–water partition coefficient (Wildman–Crippen LogP) is 2.06. The maximum absolute atomic E-state index is 13.8. The van der Waals surface area contributed by atoms with Crippen LogP contribution in [0, 0.1) is 5.82 Å². The molecule has 94 valence electrons. The van der Waals surface area contributed by atoms with Crippen LogP contribution in [0.2, 0.25) is 0 Å². The van der Waals surface area contributed by atoms with Crippen LogP contribution in [0.15, 0.2) is 12.1 Å². The first-order valence-corrected chi connectivity index (χ1v) is 4.91. The van der Waals surface area contributed by atoms with Crippen LogP contribution in [0.4, 0.5) is 13.2 Å². The molecule has 0 bridgehead atoms. The van der Waals surface area contributed by atoms with Gasteiger partial charge in [-0.2, -0.15) is 0 Å². The van der Waals surface area contributed by atoms with Gasteiger partial charge in [0.05, 0.1) is 5.56 Å². The van der Waals surface area contributed by atoms with E-state index in [1.54, 1.807) is 0 Å². The second kappa shape index (κ2) is 4.37. The number of alkyl halides is 2. The molecule has 0 aliphatic rings. The zero-order chi connectivity index (χ0) is 13.4. The predicted molar refractivity (Wildman–Crippen MR) is 57.1 cm³/mol. The molecule has 1 aromatic carbocycles. The third kappa shape index (κ3) is 2.76. The summed E-state index contributed by atoms with van der Waals surface area (Å²) in [5.41, 5.74) is 9.24. The summed E-state index contributed by atoms with van der Waals surface area (Å²) in [6.45, 7) is 1.97. The van der Waals surface area contributed by atoms with Crippen molar-refractivity contribution in [1.82, 2.24) is 0 Å². The van der Waals surface area contributed by atoms with E-state index >= 15 is 0 Å². The Hall–Kier alpha value is -1.56. The van der Waals surface area contributed by atoms with Gasteiger partial charge >= 0.3 is 0 Å². The summed E-state index contributed by atoms with van der Waals surface area (Å²) < 4.78 is 40.1. The lowest BCUT2D eigenvalue weighted by atomic mass is 9.97. The van der Waals surface area contributed by atoms with Gasteiger partial charge in [-0.15, -0.1) is 0 Å². The molecule has 0 unspecified atom stereocenters. The average Bonchev–Trinajstić information content (AvgIpc) is 2.15. The standard InChI is InChI=1S/C11H13F3N2O/c1-5(15)7-3-6(10(16)17)4-8(9(7)12)11(2,13)14/h3-5H,15H2,1-2H3,(H2,16,17)/t5-/m1/s1. The minimum absolute atomic E-state index is 0.155. The SMILES string of the molecule is C[C@@H](N)c1cc(C(N)=O)cc(C(C)(F)F)c1F. The minimum Gasteiger partial charge on any atom is -0.366 e.